The minimum atomic E-state index is 0.162. The summed E-state index contributed by atoms with van der Waals surface area (Å²) in [5.74, 6) is 0.800. The normalized spacial score (nSPS) is 10.4. The Bertz CT molecular complexity index is 512. The summed E-state index contributed by atoms with van der Waals surface area (Å²) in [6.07, 6.45) is 2.40. The van der Waals surface area contributed by atoms with Crippen molar-refractivity contribution >= 4 is 0 Å². The number of ether oxygens (including phenoxy) is 1. The van der Waals surface area contributed by atoms with Crippen LogP contribution in [-0.2, 0) is 19.6 Å². The molecule has 0 aliphatic carbocycles. The van der Waals surface area contributed by atoms with Crippen LogP contribution in [-0.4, -0.2) is 16.7 Å². The molecule has 0 spiro atoms. The molecule has 0 saturated heterocycles. The summed E-state index contributed by atoms with van der Waals surface area (Å²) in [6, 6.07) is 11.6. The van der Waals surface area contributed by atoms with E-state index in [1.807, 2.05) is 36.4 Å². The standard InChI is InChI=1S/C15H18N2O2/c16-10-15-13(2-1-8-17-15)11-19-14-5-3-12(4-6-14)7-9-18/h1-6,8,18H,7,9-11,16H2. The number of aliphatic hydroxyl groups is 1. The molecule has 0 saturated carbocycles. The zero-order valence-electron chi connectivity index (χ0n) is 10.7. The molecule has 1 aromatic carbocycles. The van der Waals surface area contributed by atoms with Crippen LogP contribution in [0.3, 0.4) is 0 Å². The first kappa shape index (κ1) is 13.5. The fourth-order valence-corrected chi connectivity index (χ4v) is 1.83. The number of nitrogens with two attached hydrogens (primary N) is 1. The van der Waals surface area contributed by atoms with Gasteiger partial charge in [0.05, 0.1) is 5.69 Å². The molecule has 100 valence electrons. The molecule has 2 rings (SSSR count). The molecule has 4 nitrogen and oxygen atoms in total. The van der Waals surface area contributed by atoms with E-state index in [1.54, 1.807) is 6.20 Å². The predicted octanol–water partition coefficient (Wildman–Crippen LogP) is 1.65. The Morgan fingerprint density at radius 2 is 1.95 bits per heavy atom. The van der Waals surface area contributed by atoms with Gasteiger partial charge in [0.25, 0.3) is 0 Å². The van der Waals surface area contributed by atoms with Crippen molar-refractivity contribution in [3.05, 3.63) is 59.4 Å². The molecule has 4 heteroatoms. The van der Waals surface area contributed by atoms with Crippen LogP contribution in [0.2, 0.25) is 0 Å². The van der Waals surface area contributed by atoms with Gasteiger partial charge in [-0.05, 0) is 30.2 Å². The number of aliphatic hydroxyl groups excluding tert-OH is 1. The van der Waals surface area contributed by atoms with Gasteiger partial charge < -0.3 is 15.6 Å². The lowest BCUT2D eigenvalue weighted by molar-refractivity contribution is 0.298. The maximum atomic E-state index is 8.85. The zero-order valence-corrected chi connectivity index (χ0v) is 10.7. The topological polar surface area (TPSA) is 68.4 Å². The van der Waals surface area contributed by atoms with Gasteiger partial charge in [-0.1, -0.05) is 18.2 Å². The molecular weight excluding hydrogens is 240 g/mol. The Morgan fingerprint density at radius 3 is 2.63 bits per heavy atom. The van der Waals surface area contributed by atoms with Crippen LogP contribution in [0.1, 0.15) is 16.8 Å². The number of nitrogens with zero attached hydrogens (tertiary/aromatic N) is 1. The van der Waals surface area contributed by atoms with Crippen molar-refractivity contribution in [3.8, 4) is 5.75 Å². The largest absolute Gasteiger partial charge is 0.489 e. The Morgan fingerprint density at radius 1 is 1.16 bits per heavy atom. The van der Waals surface area contributed by atoms with E-state index in [-0.39, 0.29) is 6.61 Å². The first-order valence-electron chi connectivity index (χ1n) is 6.29. The number of pyridine rings is 1. The van der Waals surface area contributed by atoms with Gasteiger partial charge in [-0.25, -0.2) is 0 Å². The third kappa shape index (κ3) is 3.77. The van der Waals surface area contributed by atoms with Crippen molar-refractivity contribution in [2.45, 2.75) is 19.6 Å². The van der Waals surface area contributed by atoms with Gasteiger partial charge in [0.15, 0.2) is 0 Å². The SMILES string of the molecule is NCc1ncccc1COc1ccc(CCO)cc1. The summed E-state index contributed by atoms with van der Waals surface area (Å²) in [5, 5.41) is 8.85. The maximum absolute atomic E-state index is 8.85. The van der Waals surface area contributed by atoms with Crippen LogP contribution < -0.4 is 10.5 Å². The predicted molar refractivity (Wildman–Crippen MR) is 73.7 cm³/mol. The van der Waals surface area contributed by atoms with Crippen LogP contribution >= 0.6 is 0 Å². The van der Waals surface area contributed by atoms with Gasteiger partial charge in [-0.2, -0.15) is 0 Å². The van der Waals surface area contributed by atoms with E-state index in [1.165, 1.54) is 0 Å². The highest BCUT2D eigenvalue weighted by Crippen LogP contribution is 2.15. The lowest BCUT2D eigenvalue weighted by Crippen LogP contribution is -2.06. The van der Waals surface area contributed by atoms with Crippen LogP contribution in [0, 0.1) is 0 Å². The molecule has 0 fully saturated rings. The Balaban J connectivity index is 1.98. The molecule has 1 heterocycles. The van der Waals surface area contributed by atoms with Crippen molar-refractivity contribution < 1.29 is 9.84 Å². The fraction of sp³-hybridized carbons (Fsp3) is 0.267. The third-order valence-corrected chi connectivity index (χ3v) is 2.90. The summed E-state index contributed by atoms with van der Waals surface area (Å²) in [7, 11) is 0. The van der Waals surface area contributed by atoms with E-state index < -0.39 is 0 Å². The Hall–Kier alpha value is -1.91. The van der Waals surface area contributed by atoms with Gasteiger partial charge >= 0.3 is 0 Å². The molecule has 19 heavy (non-hydrogen) atoms. The van der Waals surface area contributed by atoms with Crippen LogP contribution in [0.4, 0.5) is 0 Å². The second-order valence-electron chi connectivity index (χ2n) is 4.22. The van der Waals surface area contributed by atoms with Crippen LogP contribution in [0.25, 0.3) is 0 Å². The van der Waals surface area contributed by atoms with Crippen molar-refractivity contribution in [2.24, 2.45) is 5.73 Å². The first-order valence-corrected chi connectivity index (χ1v) is 6.29. The van der Waals surface area contributed by atoms with Crippen molar-refractivity contribution in [1.29, 1.82) is 0 Å². The summed E-state index contributed by atoms with van der Waals surface area (Å²) >= 11 is 0. The highest BCUT2D eigenvalue weighted by atomic mass is 16.5. The average molecular weight is 258 g/mol. The van der Waals surface area contributed by atoms with Gasteiger partial charge in [0.1, 0.15) is 12.4 Å². The Labute approximate surface area is 112 Å². The van der Waals surface area contributed by atoms with Crippen molar-refractivity contribution in [1.82, 2.24) is 4.98 Å². The molecule has 0 atom stereocenters. The summed E-state index contributed by atoms with van der Waals surface area (Å²) in [4.78, 5) is 4.22. The summed E-state index contributed by atoms with van der Waals surface area (Å²) in [5.41, 5.74) is 8.59. The fourth-order valence-electron chi connectivity index (χ4n) is 1.83. The Kier molecular flexibility index (Phi) is 4.89. The quantitative estimate of drug-likeness (QED) is 0.826. The molecule has 0 unspecified atom stereocenters. The maximum Gasteiger partial charge on any atom is 0.119 e. The number of benzene rings is 1. The van der Waals surface area contributed by atoms with Gasteiger partial charge in [-0.15, -0.1) is 0 Å². The van der Waals surface area contributed by atoms with Crippen molar-refractivity contribution in [3.63, 3.8) is 0 Å². The van der Waals surface area contributed by atoms with E-state index in [0.29, 0.717) is 19.6 Å². The highest BCUT2D eigenvalue weighted by molar-refractivity contribution is 5.28. The molecule has 0 radical (unpaired) electrons. The van der Waals surface area contributed by atoms with Gasteiger partial charge in [0, 0.05) is 24.9 Å². The smallest absolute Gasteiger partial charge is 0.119 e. The van der Waals surface area contributed by atoms with E-state index in [9.17, 15) is 0 Å². The van der Waals surface area contributed by atoms with E-state index >= 15 is 0 Å². The molecule has 1 aromatic heterocycles. The number of rotatable bonds is 6. The van der Waals surface area contributed by atoms with E-state index in [4.69, 9.17) is 15.6 Å². The molecule has 0 bridgehead atoms. The van der Waals surface area contributed by atoms with Crippen LogP contribution in [0.5, 0.6) is 5.75 Å². The first-order chi connectivity index (χ1) is 9.33. The van der Waals surface area contributed by atoms with E-state index in [2.05, 4.69) is 4.98 Å². The zero-order chi connectivity index (χ0) is 13.5. The highest BCUT2D eigenvalue weighted by Gasteiger charge is 2.02. The lowest BCUT2D eigenvalue weighted by atomic mass is 10.1. The number of aromatic nitrogens is 1. The lowest BCUT2D eigenvalue weighted by Gasteiger charge is -2.09. The second-order valence-corrected chi connectivity index (χ2v) is 4.22. The molecule has 0 amide bonds. The molecule has 0 aliphatic heterocycles. The number of hydrogen-bond acceptors (Lipinski definition) is 4. The van der Waals surface area contributed by atoms with Crippen molar-refractivity contribution in [2.75, 3.05) is 6.61 Å². The molecule has 0 aliphatic rings. The average Bonchev–Trinajstić information content (AvgIpc) is 2.47. The molecular formula is C15H18N2O2. The van der Waals surface area contributed by atoms with E-state index in [0.717, 1.165) is 22.6 Å². The second kappa shape index (κ2) is 6.87. The van der Waals surface area contributed by atoms with Crippen LogP contribution in [0.15, 0.2) is 42.6 Å². The minimum Gasteiger partial charge on any atom is -0.489 e. The van der Waals surface area contributed by atoms with Gasteiger partial charge in [0.2, 0.25) is 0 Å². The minimum absolute atomic E-state index is 0.162. The monoisotopic (exact) mass is 258 g/mol. The molecule has 2 aromatic rings. The molecule has 3 N–H and O–H groups in total. The summed E-state index contributed by atoms with van der Waals surface area (Å²) < 4.78 is 5.71. The third-order valence-electron chi connectivity index (χ3n) is 2.90. The summed E-state index contributed by atoms with van der Waals surface area (Å²) in [6.45, 7) is 1.03. The number of hydrogen-bond donors (Lipinski definition) is 2. The van der Waals surface area contributed by atoms with Gasteiger partial charge in [-0.3, -0.25) is 4.98 Å².